The first-order valence-electron chi connectivity index (χ1n) is 11.6. The molecule has 1 aromatic heterocycles. The number of nitrogens with zero attached hydrogens (tertiary/aromatic N) is 2. The number of aromatic nitrogens is 2. The summed E-state index contributed by atoms with van der Waals surface area (Å²) in [6.07, 6.45) is 0.751. The highest BCUT2D eigenvalue weighted by Gasteiger charge is 2.21. The van der Waals surface area contributed by atoms with Gasteiger partial charge < -0.3 is 5.32 Å². The number of halogens is 1. The molecular weight excluding hydrogens is 550 g/mol. The molecule has 0 bridgehead atoms. The Kier molecular flexibility index (Phi) is 7.79. The lowest BCUT2D eigenvalue weighted by atomic mass is 10.1. The van der Waals surface area contributed by atoms with Gasteiger partial charge in [-0.2, -0.15) is 0 Å². The Morgan fingerprint density at radius 3 is 2.39 bits per heavy atom. The van der Waals surface area contributed by atoms with Gasteiger partial charge in [-0.05, 0) is 61.4 Å². The smallest absolute Gasteiger partial charge is 0.328 e. The Labute approximate surface area is 225 Å². The molecule has 0 unspecified atom stereocenters. The lowest BCUT2D eigenvalue weighted by molar-refractivity contribution is 0.246. The van der Waals surface area contributed by atoms with Gasteiger partial charge in [0.05, 0.1) is 21.6 Å². The first-order chi connectivity index (χ1) is 17.9. The van der Waals surface area contributed by atoms with E-state index in [-0.39, 0.29) is 22.8 Å². The van der Waals surface area contributed by atoms with Crippen LogP contribution in [0.25, 0.3) is 16.7 Å². The molecule has 1 heterocycles. The molecule has 0 aliphatic rings. The number of nitrogens with two attached hydrogens (primary N) is 1. The summed E-state index contributed by atoms with van der Waals surface area (Å²) in [5, 5.41) is 8.53. The van der Waals surface area contributed by atoms with Crippen LogP contribution in [0.4, 0.5) is 4.79 Å². The molecule has 4 N–H and O–H groups in total. The summed E-state index contributed by atoms with van der Waals surface area (Å²) in [5.41, 5.74) is 3.08. The fourth-order valence-corrected chi connectivity index (χ4v) is 5.85. The molecule has 4 aromatic rings. The number of nitrogens with one attached hydrogen (secondary N) is 2. The summed E-state index contributed by atoms with van der Waals surface area (Å²) in [7, 11) is -8.18. The number of hydrogen-bond acceptors (Lipinski definition) is 6. The highest BCUT2D eigenvalue weighted by Crippen LogP contribution is 2.29. The Balaban J connectivity index is 1.55. The maximum atomic E-state index is 12.6. The summed E-state index contributed by atoms with van der Waals surface area (Å²) in [6.45, 7) is 3.77. The van der Waals surface area contributed by atoms with Crippen molar-refractivity contribution in [1.82, 2.24) is 19.6 Å². The third-order valence-corrected chi connectivity index (χ3v) is 8.35. The number of urea groups is 1. The van der Waals surface area contributed by atoms with Crippen LogP contribution in [0.1, 0.15) is 23.9 Å². The predicted octanol–water partition coefficient (Wildman–Crippen LogP) is 3.43. The molecular formula is C25H26ClN5O5S2. The van der Waals surface area contributed by atoms with E-state index in [1.54, 1.807) is 47.0 Å². The van der Waals surface area contributed by atoms with Crippen LogP contribution >= 0.6 is 11.6 Å². The number of sulfonamides is 2. The van der Waals surface area contributed by atoms with Gasteiger partial charge in [-0.25, -0.2) is 36.5 Å². The number of fused-ring (bicyclic) bond motifs is 1. The quantitative estimate of drug-likeness (QED) is 0.292. The number of hydrogen-bond donors (Lipinski definition) is 3. The molecule has 0 radical (unpaired) electrons. The van der Waals surface area contributed by atoms with Crippen molar-refractivity contribution in [1.29, 1.82) is 0 Å². The van der Waals surface area contributed by atoms with Crippen molar-refractivity contribution >= 4 is 48.7 Å². The van der Waals surface area contributed by atoms with Crippen LogP contribution in [0.5, 0.6) is 0 Å². The van der Waals surface area contributed by atoms with E-state index in [2.05, 4.69) is 10.3 Å². The van der Waals surface area contributed by atoms with Crippen LogP contribution in [0.3, 0.4) is 0 Å². The zero-order valence-electron chi connectivity index (χ0n) is 20.6. The fraction of sp³-hybridized carbons (Fsp3) is 0.200. The van der Waals surface area contributed by atoms with Crippen LogP contribution in [0, 0.1) is 6.92 Å². The van der Waals surface area contributed by atoms with Gasteiger partial charge in [-0.1, -0.05) is 42.3 Å². The van der Waals surface area contributed by atoms with Gasteiger partial charge in [0.2, 0.25) is 10.0 Å². The molecule has 3 aromatic carbocycles. The summed E-state index contributed by atoms with van der Waals surface area (Å²) < 4.78 is 53.6. The van der Waals surface area contributed by atoms with Crippen molar-refractivity contribution in [3.63, 3.8) is 0 Å². The largest absolute Gasteiger partial charge is 0.337 e. The highest BCUT2D eigenvalue weighted by molar-refractivity contribution is 7.90. The zero-order valence-corrected chi connectivity index (χ0v) is 23.0. The van der Waals surface area contributed by atoms with Crippen molar-refractivity contribution in [3.8, 4) is 5.69 Å². The zero-order chi connectivity index (χ0) is 27.7. The summed E-state index contributed by atoms with van der Waals surface area (Å²) >= 11 is 6.19. The average molecular weight is 576 g/mol. The maximum Gasteiger partial charge on any atom is 0.328 e. The molecule has 0 aliphatic heterocycles. The molecule has 10 nitrogen and oxygen atoms in total. The SMILES string of the molecule is CCc1nc2ccc(Cl)cc2n1-c1ccc(CCNC(=O)NS(=O)(=O)c2ccc(C)cc2)cc1S(N)(=O)=O. The molecule has 0 saturated carbocycles. The van der Waals surface area contributed by atoms with Crippen molar-refractivity contribution in [2.45, 2.75) is 36.5 Å². The second-order valence-electron chi connectivity index (χ2n) is 8.62. The molecule has 38 heavy (non-hydrogen) atoms. The van der Waals surface area contributed by atoms with E-state index in [9.17, 15) is 21.6 Å². The van der Waals surface area contributed by atoms with E-state index >= 15 is 0 Å². The van der Waals surface area contributed by atoms with Crippen LogP contribution < -0.4 is 15.2 Å². The molecule has 200 valence electrons. The van der Waals surface area contributed by atoms with Gasteiger partial charge in [-0.15, -0.1) is 0 Å². The summed E-state index contributed by atoms with van der Waals surface area (Å²) in [6, 6.07) is 15.1. The highest BCUT2D eigenvalue weighted by atomic mass is 35.5. The fourth-order valence-electron chi connectivity index (χ4n) is 3.99. The minimum atomic E-state index is -4.15. The van der Waals surface area contributed by atoms with Gasteiger partial charge in [0.15, 0.2) is 0 Å². The predicted molar refractivity (Wildman–Crippen MR) is 145 cm³/mol. The Hall–Kier alpha value is -3.45. The van der Waals surface area contributed by atoms with Crippen molar-refractivity contribution in [2.24, 2.45) is 5.14 Å². The molecule has 0 atom stereocenters. The number of amides is 2. The Morgan fingerprint density at radius 1 is 1.03 bits per heavy atom. The first kappa shape index (κ1) is 27.6. The van der Waals surface area contributed by atoms with Crippen molar-refractivity contribution < 1.29 is 21.6 Å². The Bertz CT molecular complexity index is 1730. The minimum absolute atomic E-state index is 0.0357. The van der Waals surface area contributed by atoms with Gasteiger partial charge >= 0.3 is 6.03 Å². The average Bonchev–Trinajstić information content (AvgIpc) is 3.21. The van der Waals surface area contributed by atoms with Gasteiger partial charge in [-0.3, -0.25) is 4.57 Å². The number of imidazole rings is 1. The van der Waals surface area contributed by atoms with E-state index in [1.165, 1.54) is 18.2 Å². The molecule has 0 spiro atoms. The molecule has 0 saturated heterocycles. The number of carbonyl (C=O) groups excluding carboxylic acids is 1. The number of rotatable bonds is 8. The van der Waals surface area contributed by atoms with Gasteiger partial charge in [0.1, 0.15) is 10.7 Å². The van der Waals surface area contributed by atoms with E-state index in [1.807, 2.05) is 18.6 Å². The van der Waals surface area contributed by atoms with Crippen LogP contribution in [-0.4, -0.2) is 39.0 Å². The topological polar surface area (TPSA) is 153 Å². The van der Waals surface area contributed by atoms with E-state index in [0.29, 0.717) is 39.6 Å². The van der Waals surface area contributed by atoms with Crippen LogP contribution in [-0.2, 0) is 32.9 Å². The van der Waals surface area contributed by atoms with Gasteiger partial charge in [0.25, 0.3) is 10.0 Å². The standard InChI is InChI=1S/C25H26ClN5O5S2/c1-3-24-29-20-10-7-18(26)15-22(20)31(24)21-11-6-17(14-23(21)37(27,33)34)12-13-28-25(32)30-38(35,36)19-8-4-16(2)5-9-19/h4-11,14-15H,3,12-13H2,1-2H3,(H2,27,33,34)(H2,28,30,32). The number of benzene rings is 3. The first-order valence-corrected chi connectivity index (χ1v) is 15.0. The second kappa shape index (κ2) is 10.7. The summed E-state index contributed by atoms with van der Waals surface area (Å²) in [4.78, 5) is 16.6. The monoisotopic (exact) mass is 575 g/mol. The lowest BCUT2D eigenvalue weighted by Crippen LogP contribution is -2.40. The third-order valence-electron chi connectivity index (χ3n) is 5.83. The second-order valence-corrected chi connectivity index (χ2v) is 12.3. The molecule has 4 rings (SSSR count). The molecule has 2 amide bonds. The van der Waals surface area contributed by atoms with E-state index < -0.39 is 26.1 Å². The van der Waals surface area contributed by atoms with Crippen LogP contribution in [0.15, 0.2) is 70.5 Å². The van der Waals surface area contributed by atoms with Crippen molar-refractivity contribution in [2.75, 3.05) is 6.54 Å². The number of primary sulfonamides is 1. The molecule has 0 aliphatic carbocycles. The lowest BCUT2D eigenvalue weighted by Gasteiger charge is -2.15. The number of carbonyl (C=O) groups is 1. The van der Waals surface area contributed by atoms with E-state index in [0.717, 1.165) is 5.56 Å². The molecule has 0 fully saturated rings. The molecule has 13 heteroatoms. The third kappa shape index (κ3) is 5.99. The maximum absolute atomic E-state index is 12.6. The van der Waals surface area contributed by atoms with E-state index in [4.69, 9.17) is 16.7 Å². The van der Waals surface area contributed by atoms with Crippen LogP contribution in [0.2, 0.25) is 5.02 Å². The summed E-state index contributed by atoms with van der Waals surface area (Å²) in [5.74, 6) is 0.632. The van der Waals surface area contributed by atoms with Gasteiger partial charge in [0, 0.05) is 18.0 Å². The normalized spacial score (nSPS) is 12.0. The minimum Gasteiger partial charge on any atom is -0.337 e. The van der Waals surface area contributed by atoms with Crippen molar-refractivity contribution in [3.05, 3.63) is 82.6 Å². The Morgan fingerprint density at radius 2 is 1.74 bits per heavy atom. The number of aryl methyl sites for hydroxylation is 2.